The van der Waals surface area contributed by atoms with Gasteiger partial charge in [0.2, 0.25) is 5.90 Å². The first kappa shape index (κ1) is 24.9. The van der Waals surface area contributed by atoms with Gasteiger partial charge in [-0.1, -0.05) is 39.7 Å². The van der Waals surface area contributed by atoms with E-state index in [1.807, 2.05) is 0 Å². The van der Waals surface area contributed by atoms with E-state index in [0.29, 0.717) is 30.8 Å². The van der Waals surface area contributed by atoms with Crippen LogP contribution in [0.5, 0.6) is 11.5 Å². The maximum atomic E-state index is 12.5. The Labute approximate surface area is 223 Å². The maximum Gasteiger partial charge on any atom is 0.363 e. The minimum atomic E-state index is -0.619. The molecule has 0 spiro atoms. The van der Waals surface area contributed by atoms with Gasteiger partial charge in [-0.25, -0.2) is 14.6 Å². The van der Waals surface area contributed by atoms with Crippen molar-refractivity contribution in [3.63, 3.8) is 0 Å². The number of cyclic esters (lactones) is 1. The highest BCUT2D eigenvalue weighted by Gasteiger charge is 2.25. The van der Waals surface area contributed by atoms with Gasteiger partial charge in [-0.3, -0.25) is 0 Å². The van der Waals surface area contributed by atoms with Gasteiger partial charge in [0, 0.05) is 26.7 Å². The first-order valence-electron chi connectivity index (χ1n) is 10.1. The summed E-state index contributed by atoms with van der Waals surface area (Å²) in [6, 6.07) is 17.4. The van der Waals surface area contributed by atoms with Crippen LogP contribution < -0.4 is 9.47 Å². The minimum Gasteiger partial charge on any atom is -0.497 e. The summed E-state index contributed by atoms with van der Waals surface area (Å²) >= 11 is 12.7. The summed E-state index contributed by atoms with van der Waals surface area (Å²) in [5.74, 6) is -0.148. The summed E-state index contributed by atoms with van der Waals surface area (Å²) in [5.41, 5.74) is 1.93. The zero-order valence-electron chi connectivity index (χ0n) is 18.1. The van der Waals surface area contributed by atoms with Crippen LogP contribution in [0, 0.1) is 0 Å². The number of ether oxygens (including phenoxy) is 3. The third-order valence-electron chi connectivity index (χ3n) is 4.77. The van der Waals surface area contributed by atoms with Crippen LogP contribution >= 0.6 is 43.5 Å². The second kappa shape index (κ2) is 11.0. The summed E-state index contributed by atoms with van der Waals surface area (Å²) < 4.78 is 17.3. The smallest absolute Gasteiger partial charge is 0.363 e. The highest BCUT2D eigenvalue weighted by atomic mass is 79.9. The van der Waals surface area contributed by atoms with Crippen LogP contribution in [-0.2, 0) is 14.3 Å². The molecule has 0 N–H and O–H groups in total. The van der Waals surface area contributed by atoms with Crippen LogP contribution in [0.25, 0.3) is 12.2 Å². The van der Waals surface area contributed by atoms with Crippen LogP contribution in [0.15, 0.2) is 86.4 Å². The summed E-state index contributed by atoms with van der Waals surface area (Å²) in [6.45, 7) is 0. The molecule has 0 fully saturated rings. The molecule has 0 unspecified atom stereocenters. The molecular formula is C26H16Br2ClNO5. The highest BCUT2D eigenvalue weighted by molar-refractivity contribution is 9.11. The van der Waals surface area contributed by atoms with E-state index < -0.39 is 11.9 Å². The quantitative estimate of drug-likeness (QED) is 0.172. The summed E-state index contributed by atoms with van der Waals surface area (Å²) in [5, 5.41) is 0.601. The van der Waals surface area contributed by atoms with Crippen LogP contribution in [0.1, 0.15) is 16.7 Å². The number of carbonyl (C=O) groups is 2. The van der Waals surface area contributed by atoms with Gasteiger partial charge in [0.1, 0.15) is 5.75 Å². The number of esters is 2. The molecule has 0 aromatic heterocycles. The van der Waals surface area contributed by atoms with Gasteiger partial charge in [0.25, 0.3) is 0 Å². The number of aliphatic imine (C=N–C) groups is 1. The van der Waals surface area contributed by atoms with E-state index in [1.165, 1.54) is 12.2 Å². The molecule has 9 heteroatoms. The number of carbonyl (C=O) groups excluding carboxylic acids is 2. The Morgan fingerprint density at radius 1 is 1.06 bits per heavy atom. The fourth-order valence-corrected chi connectivity index (χ4v) is 4.55. The first-order chi connectivity index (χ1) is 16.8. The number of methoxy groups -OCH3 is 1. The molecule has 35 heavy (non-hydrogen) atoms. The Balaban J connectivity index is 1.61. The lowest BCUT2D eigenvalue weighted by atomic mass is 10.1. The minimum absolute atomic E-state index is 0.0647. The van der Waals surface area contributed by atoms with E-state index in [9.17, 15) is 9.59 Å². The largest absolute Gasteiger partial charge is 0.497 e. The Morgan fingerprint density at radius 3 is 2.46 bits per heavy atom. The molecule has 0 amide bonds. The van der Waals surface area contributed by atoms with E-state index >= 15 is 0 Å². The second-order valence-electron chi connectivity index (χ2n) is 7.18. The topological polar surface area (TPSA) is 74.2 Å². The molecule has 176 valence electrons. The normalized spacial score (nSPS) is 14.2. The molecule has 1 aliphatic rings. The van der Waals surface area contributed by atoms with Crippen LogP contribution in [0.3, 0.4) is 0 Å². The predicted molar refractivity (Wildman–Crippen MR) is 142 cm³/mol. The molecule has 1 aliphatic heterocycles. The van der Waals surface area contributed by atoms with Crippen LogP contribution in [-0.4, -0.2) is 24.9 Å². The number of hydrogen-bond donors (Lipinski definition) is 0. The van der Waals surface area contributed by atoms with Gasteiger partial charge >= 0.3 is 11.9 Å². The van der Waals surface area contributed by atoms with E-state index in [0.717, 1.165) is 5.56 Å². The lowest BCUT2D eigenvalue weighted by Gasteiger charge is -2.09. The zero-order chi connectivity index (χ0) is 24.9. The van der Waals surface area contributed by atoms with Crippen molar-refractivity contribution in [1.29, 1.82) is 0 Å². The zero-order valence-corrected chi connectivity index (χ0v) is 22.1. The van der Waals surface area contributed by atoms with Crippen molar-refractivity contribution >= 4 is 73.4 Å². The fraction of sp³-hybridized carbons (Fsp3) is 0.0385. The second-order valence-corrected chi connectivity index (χ2v) is 9.38. The van der Waals surface area contributed by atoms with Gasteiger partial charge in [-0.15, -0.1) is 0 Å². The summed E-state index contributed by atoms with van der Waals surface area (Å²) in [4.78, 5) is 29.3. The molecule has 0 radical (unpaired) electrons. The predicted octanol–water partition coefficient (Wildman–Crippen LogP) is 6.84. The third kappa shape index (κ3) is 6.28. The molecule has 3 aromatic carbocycles. The van der Waals surface area contributed by atoms with Crippen molar-refractivity contribution in [2.24, 2.45) is 4.99 Å². The van der Waals surface area contributed by atoms with Crippen molar-refractivity contribution in [1.82, 2.24) is 0 Å². The Kier molecular flexibility index (Phi) is 7.85. The average Bonchev–Trinajstić information content (AvgIpc) is 3.21. The van der Waals surface area contributed by atoms with Crippen molar-refractivity contribution in [3.8, 4) is 11.5 Å². The van der Waals surface area contributed by atoms with Crippen molar-refractivity contribution in [2.75, 3.05) is 7.11 Å². The number of benzene rings is 3. The van der Waals surface area contributed by atoms with Crippen LogP contribution in [0.2, 0.25) is 5.02 Å². The summed E-state index contributed by atoms with van der Waals surface area (Å²) in [7, 11) is 1.57. The Hall–Kier alpha value is -3.20. The third-order valence-corrected chi connectivity index (χ3v) is 6.07. The first-order valence-corrected chi connectivity index (χ1v) is 12.1. The number of hydrogen-bond acceptors (Lipinski definition) is 6. The molecule has 0 aliphatic carbocycles. The molecule has 1 heterocycles. The lowest BCUT2D eigenvalue weighted by Crippen LogP contribution is -2.06. The SMILES string of the molecule is COc1ccc(C2=N/C(=C\c3cc(Br)cc(Br)c3OC(=O)/C=C/c3ccc(Cl)cc3)C(=O)O2)cc1. The molecule has 6 nitrogen and oxygen atoms in total. The number of nitrogens with zero attached hydrogens (tertiary/aromatic N) is 1. The molecule has 0 saturated carbocycles. The van der Waals surface area contributed by atoms with E-state index in [4.69, 9.17) is 25.8 Å². The Morgan fingerprint density at radius 2 is 1.77 bits per heavy atom. The average molecular weight is 618 g/mol. The Bertz CT molecular complexity index is 1380. The van der Waals surface area contributed by atoms with Gasteiger partial charge in [-0.2, -0.15) is 0 Å². The maximum absolute atomic E-state index is 12.5. The van der Waals surface area contributed by atoms with Gasteiger partial charge in [0.05, 0.1) is 11.6 Å². The van der Waals surface area contributed by atoms with Gasteiger partial charge in [0.15, 0.2) is 11.4 Å². The lowest BCUT2D eigenvalue weighted by molar-refractivity contribution is -0.130. The van der Waals surface area contributed by atoms with E-state index in [1.54, 1.807) is 73.8 Å². The molecule has 0 atom stereocenters. The van der Waals surface area contributed by atoms with Crippen molar-refractivity contribution in [3.05, 3.63) is 103 Å². The van der Waals surface area contributed by atoms with E-state index in [-0.39, 0.29) is 17.3 Å². The van der Waals surface area contributed by atoms with E-state index in [2.05, 4.69) is 36.9 Å². The molecule has 0 saturated heterocycles. The standard InChI is InChI=1S/C26H16Br2ClNO5/c1-33-20-9-5-16(6-10-20)25-30-22(26(32)35-25)13-17-12-18(27)14-21(28)24(17)34-23(31)11-4-15-2-7-19(29)8-3-15/h2-14H,1H3/b11-4+,22-13-. The van der Waals surface area contributed by atoms with Crippen molar-refractivity contribution < 1.29 is 23.8 Å². The highest BCUT2D eigenvalue weighted by Crippen LogP contribution is 2.35. The molecule has 4 rings (SSSR count). The summed E-state index contributed by atoms with van der Waals surface area (Å²) in [6.07, 6.45) is 4.42. The molecule has 3 aromatic rings. The number of halogens is 3. The van der Waals surface area contributed by atoms with Gasteiger partial charge < -0.3 is 14.2 Å². The van der Waals surface area contributed by atoms with Gasteiger partial charge in [-0.05, 0) is 82.2 Å². The number of rotatable bonds is 6. The fourth-order valence-electron chi connectivity index (χ4n) is 3.08. The van der Waals surface area contributed by atoms with Crippen molar-refractivity contribution in [2.45, 2.75) is 0 Å². The molecular weight excluding hydrogens is 602 g/mol. The molecule has 0 bridgehead atoms. The monoisotopic (exact) mass is 615 g/mol. The van der Waals surface area contributed by atoms with Crippen LogP contribution in [0.4, 0.5) is 0 Å².